The Bertz CT molecular complexity index is 1110. The van der Waals surface area contributed by atoms with Crippen LogP contribution in [0.4, 0.5) is 11.4 Å². The van der Waals surface area contributed by atoms with Gasteiger partial charge in [-0.25, -0.2) is 0 Å². The van der Waals surface area contributed by atoms with Gasteiger partial charge in [0.1, 0.15) is 0 Å². The van der Waals surface area contributed by atoms with Gasteiger partial charge < -0.3 is 19.5 Å². The number of benzene rings is 2. The maximum Gasteiger partial charge on any atom is 0.277 e. The third-order valence-corrected chi connectivity index (χ3v) is 6.44. The van der Waals surface area contributed by atoms with Crippen molar-refractivity contribution < 1.29 is 14.0 Å². The van der Waals surface area contributed by atoms with Gasteiger partial charge in [-0.3, -0.25) is 9.59 Å². The number of hydrogen-bond donors (Lipinski definition) is 1. The smallest absolute Gasteiger partial charge is 0.277 e. The fourth-order valence-electron chi connectivity index (χ4n) is 3.53. The zero-order chi connectivity index (χ0) is 23.2. The summed E-state index contributed by atoms with van der Waals surface area (Å²) < 4.78 is 5.61. The second kappa shape index (κ2) is 10.7. The summed E-state index contributed by atoms with van der Waals surface area (Å²) >= 11 is 7.32. The first kappa shape index (κ1) is 23.1. The predicted octanol–water partition coefficient (Wildman–Crippen LogP) is 4.18. The molecule has 0 radical (unpaired) electrons. The van der Waals surface area contributed by atoms with Gasteiger partial charge in [-0.05, 0) is 36.4 Å². The van der Waals surface area contributed by atoms with E-state index in [9.17, 15) is 9.59 Å². The first-order chi connectivity index (χ1) is 16.0. The predicted molar refractivity (Wildman–Crippen MR) is 130 cm³/mol. The zero-order valence-electron chi connectivity index (χ0n) is 18.2. The number of piperazine rings is 1. The summed E-state index contributed by atoms with van der Waals surface area (Å²) in [7, 11) is 0. The molecule has 4 rings (SSSR count). The Morgan fingerprint density at radius 2 is 1.79 bits per heavy atom. The van der Waals surface area contributed by atoms with E-state index in [0.717, 1.165) is 43.6 Å². The summed E-state index contributed by atoms with van der Waals surface area (Å²) in [5, 5.41) is 11.7. The molecule has 0 spiro atoms. The van der Waals surface area contributed by atoms with E-state index in [2.05, 4.69) is 20.4 Å². The first-order valence-electron chi connectivity index (χ1n) is 10.7. The molecule has 10 heteroatoms. The number of thioether (sulfide) groups is 1. The summed E-state index contributed by atoms with van der Waals surface area (Å²) in [6, 6.07) is 14.9. The maximum atomic E-state index is 12.3. The van der Waals surface area contributed by atoms with Crippen LogP contribution in [0.1, 0.15) is 13.3 Å². The van der Waals surface area contributed by atoms with Gasteiger partial charge >= 0.3 is 0 Å². The van der Waals surface area contributed by atoms with Crippen LogP contribution in [0.5, 0.6) is 0 Å². The minimum Gasteiger partial charge on any atom is -0.411 e. The van der Waals surface area contributed by atoms with Crippen molar-refractivity contribution in [1.29, 1.82) is 0 Å². The largest absolute Gasteiger partial charge is 0.411 e. The molecule has 33 heavy (non-hydrogen) atoms. The number of hydrogen-bond acceptors (Lipinski definition) is 7. The molecule has 0 saturated carbocycles. The molecule has 0 atom stereocenters. The number of amides is 2. The van der Waals surface area contributed by atoms with Crippen molar-refractivity contribution in [3.8, 4) is 11.5 Å². The van der Waals surface area contributed by atoms with Crippen LogP contribution >= 0.6 is 23.4 Å². The number of nitrogens with zero attached hydrogens (tertiary/aromatic N) is 4. The molecular formula is C23H24ClN5O3S. The molecule has 1 aliphatic heterocycles. The molecule has 2 aromatic carbocycles. The van der Waals surface area contributed by atoms with E-state index in [4.69, 9.17) is 16.0 Å². The van der Waals surface area contributed by atoms with Gasteiger partial charge in [0.15, 0.2) is 0 Å². The quantitative estimate of drug-likeness (QED) is 0.502. The zero-order valence-corrected chi connectivity index (χ0v) is 19.7. The van der Waals surface area contributed by atoms with Crippen LogP contribution in [-0.2, 0) is 9.59 Å². The minimum atomic E-state index is -0.170. The van der Waals surface area contributed by atoms with E-state index < -0.39 is 0 Å². The summed E-state index contributed by atoms with van der Waals surface area (Å²) in [5.41, 5.74) is 2.44. The highest BCUT2D eigenvalue weighted by Gasteiger charge is 2.20. The van der Waals surface area contributed by atoms with E-state index in [1.165, 1.54) is 0 Å². The molecule has 2 heterocycles. The van der Waals surface area contributed by atoms with Crippen molar-refractivity contribution in [2.75, 3.05) is 42.1 Å². The summed E-state index contributed by atoms with van der Waals surface area (Å²) in [6.45, 7) is 4.95. The lowest BCUT2D eigenvalue weighted by molar-refractivity contribution is -0.131. The van der Waals surface area contributed by atoms with Crippen molar-refractivity contribution in [3.63, 3.8) is 0 Å². The number of carbonyl (C=O) groups is 2. The third-order valence-electron chi connectivity index (χ3n) is 5.29. The molecule has 1 aliphatic rings. The fraction of sp³-hybridized carbons (Fsp3) is 0.304. The molecular weight excluding hydrogens is 462 g/mol. The van der Waals surface area contributed by atoms with Crippen LogP contribution in [0.3, 0.4) is 0 Å². The maximum absolute atomic E-state index is 12.3. The average molecular weight is 486 g/mol. The Morgan fingerprint density at radius 1 is 1.06 bits per heavy atom. The number of carbonyl (C=O) groups excluding carboxylic acids is 2. The topological polar surface area (TPSA) is 91.6 Å². The molecule has 3 aromatic rings. The van der Waals surface area contributed by atoms with Crippen LogP contribution in [-0.4, -0.2) is 58.8 Å². The van der Waals surface area contributed by atoms with Gasteiger partial charge in [-0.2, -0.15) is 0 Å². The van der Waals surface area contributed by atoms with Crippen LogP contribution in [0.15, 0.2) is 58.2 Å². The number of nitrogens with one attached hydrogen (secondary N) is 1. The monoisotopic (exact) mass is 485 g/mol. The second-order valence-corrected chi connectivity index (χ2v) is 8.79. The Hall–Kier alpha value is -3.04. The van der Waals surface area contributed by atoms with E-state index in [0.29, 0.717) is 33.8 Å². The highest BCUT2D eigenvalue weighted by Crippen LogP contribution is 2.28. The number of aromatic nitrogens is 2. The van der Waals surface area contributed by atoms with E-state index >= 15 is 0 Å². The number of rotatable bonds is 7. The molecule has 0 unspecified atom stereocenters. The van der Waals surface area contributed by atoms with Gasteiger partial charge in [-0.1, -0.05) is 42.4 Å². The van der Waals surface area contributed by atoms with E-state index in [1.807, 2.05) is 48.2 Å². The lowest BCUT2D eigenvalue weighted by atomic mass is 10.2. The van der Waals surface area contributed by atoms with Crippen LogP contribution in [0, 0.1) is 0 Å². The van der Waals surface area contributed by atoms with Crippen molar-refractivity contribution in [3.05, 3.63) is 53.6 Å². The number of anilines is 2. The Labute approximate surface area is 201 Å². The molecule has 1 saturated heterocycles. The molecule has 0 bridgehead atoms. The van der Waals surface area contributed by atoms with Crippen molar-refractivity contribution >= 4 is 46.6 Å². The van der Waals surface area contributed by atoms with Crippen LogP contribution in [0.25, 0.3) is 11.5 Å². The number of halogens is 1. The summed E-state index contributed by atoms with van der Waals surface area (Å²) in [4.78, 5) is 28.3. The lowest BCUT2D eigenvalue weighted by Crippen LogP contribution is -2.48. The van der Waals surface area contributed by atoms with Gasteiger partial charge in [0, 0.05) is 44.0 Å². The van der Waals surface area contributed by atoms with Crippen molar-refractivity contribution in [2.24, 2.45) is 0 Å². The molecule has 2 amide bonds. The SMILES string of the molecule is CCC(=O)N1CCN(c2ccc(NC(=O)CSc3nnc(-c4ccccc4Cl)o3)cc2)CC1. The summed E-state index contributed by atoms with van der Waals surface area (Å²) in [6.07, 6.45) is 0.543. The summed E-state index contributed by atoms with van der Waals surface area (Å²) in [5.74, 6) is 0.487. The molecule has 172 valence electrons. The van der Waals surface area contributed by atoms with Crippen LogP contribution in [0.2, 0.25) is 5.02 Å². The van der Waals surface area contributed by atoms with Gasteiger partial charge in [-0.15, -0.1) is 10.2 Å². The highest BCUT2D eigenvalue weighted by molar-refractivity contribution is 7.99. The van der Waals surface area contributed by atoms with Crippen molar-refractivity contribution in [2.45, 2.75) is 18.6 Å². The van der Waals surface area contributed by atoms with Gasteiger partial charge in [0.05, 0.1) is 16.3 Å². The van der Waals surface area contributed by atoms with Gasteiger partial charge in [0.25, 0.3) is 5.22 Å². The lowest BCUT2D eigenvalue weighted by Gasteiger charge is -2.36. The molecule has 8 nitrogen and oxygen atoms in total. The second-order valence-electron chi connectivity index (χ2n) is 7.46. The average Bonchev–Trinajstić information content (AvgIpc) is 3.32. The fourth-order valence-corrected chi connectivity index (χ4v) is 4.31. The van der Waals surface area contributed by atoms with Gasteiger partial charge in [0.2, 0.25) is 17.7 Å². The first-order valence-corrected chi connectivity index (χ1v) is 12.0. The minimum absolute atomic E-state index is 0.138. The van der Waals surface area contributed by atoms with E-state index in [-0.39, 0.29) is 17.6 Å². The van der Waals surface area contributed by atoms with Crippen molar-refractivity contribution in [1.82, 2.24) is 15.1 Å². The van der Waals surface area contributed by atoms with Crippen LogP contribution < -0.4 is 10.2 Å². The Kier molecular flexibility index (Phi) is 7.51. The molecule has 1 N–H and O–H groups in total. The van der Waals surface area contributed by atoms with E-state index in [1.54, 1.807) is 12.1 Å². The Balaban J connectivity index is 1.26. The molecule has 0 aliphatic carbocycles. The Morgan fingerprint density at radius 3 is 2.48 bits per heavy atom. The standard InChI is InChI=1S/C23H24ClN5O3S/c1-2-21(31)29-13-11-28(12-14-29)17-9-7-16(8-10-17)25-20(30)15-33-23-27-26-22(32-23)18-5-3-4-6-19(18)24/h3-10H,2,11-15H2,1H3,(H,25,30). The molecule has 1 fully saturated rings. The highest BCUT2D eigenvalue weighted by atomic mass is 35.5. The third kappa shape index (κ3) is 5.85. The normalized spacial score (nSPS) is 13.8. The molecule has 1 aromatic heterocycles.